The van der Waals surface area contributed by atoms with Crippen molar-refractivity contribution in [1.29, 1.82) is 0 Å². The molecule has 5 heteroatoms. The number of ether oxygens (including phenoxy) is 1. The predicted octanol–water partition coefficient (Wildman–Crippen LogP) is 2.74. The van der Waals surface area contributed by atoms with Crippen LogP contribution in [0.1, 0.15) is 23.6 Å². The van der Waals surface area contributed by atoms with Gasteiger partial charge < -0.3 is 15.2 Å². The zero-order valence-corrected chi connectivity index (χ0v) is 13.6. The van der Waals surface area contributed by atoms with Gasteiger partial charge in [0.25, 0.3) is 0 Å². The average Bonchev–Trinajstić information content (AvgIpc) is 2.60. The van der Waals surface area contributed by atoms with Gasteiger partial charge in [-0.3, -0.25) is 9.59 Å². The largest absolute Gasteiger partial charge is 0.481 e. The van der Waals surface area contributed by atoms with Crippen molar-refractivity contribution >= 4 is 11.9 Å². The molecule has 0 saturated carbocycles. The van der Waals surface area contributed by atoms with Crippen LogP contribution in [0.25, 0.3) is 0 Å². The minimum Gasteiger partial charge on any atom is -0.481 e. The van der Waals surface area contributed by atoms with Crippen molar-refractivity contribution in [3.63, 3.8) is 0 Å². The van der Waals surface area contributed by atoms with Gasteiger partial charge in [0.05, 0.1) is 13.2 Å². The Kier molecular flexibility index (Phi) is 6.51. The maximum atomic E-state index is 11.7. The number of carbonyl (C=O) groups is 2. The summed E-state index contributed by atoms with van der Waals surface area (Å²) in [6.45, 7) is 2.58. The van der Waals surface area contributed by atoms with E-state index in [2.05, 4.69) is 5.32 Å². The SMILES string of the molecule is CC(C(=O)O)C(=O)NCc1ccccc1COCc1ccccc1. The number of hydrogen-bond donors (Lipinski definition) is 2. The van der Waals surface area contributed by atoms with Crippen LogP contribution in [0, 0.1) is 5.92 Å². The van der Waals surface area contributed by atoms with Crippen molar-refractivity contribution < 1.29 is 19.4 Å². The molecule has 0 heterocycles. The Bertz CT molecular complexity index is 685. The fourth-order valence-corrected chi connectivity index (χ4v) is 2.17. The van der Waals surface area contributed by atoms with Crippen LogP contribution in [0.3, 0.4) is 0 Å². The maximum Gasteiger partial charge on any atom is 0.315 e. The van der Waals surface area contributed by atoms with Gasteiger partial charge in [0.1, 0.15) is 5.92 Å². The van der Waals surface area contributed by atoms with Gasteiger partial charge in [-0.1, -0.05) is 54.6 Å². The monoisotopic (exact) mass is 327 g/mol. The topological polar surface area (TPSA) is 75.6 Å². The third-order valence-corrected chi connectivity index (χ3v) is 3.70. The van der Waals surface area contributed by atoms with Crippen molar-refractivity contribution in [2.45, 2.75) is 26.7 Å². The first kappa shape index (κ1) is 17.7. The lowest BCUT2D eigenvalue weighted by molar-refractivity contribution is -0.146. The summed E-state index contributed by atoms with van der Waals surface area (Å²) in [6.07, 6.45) is 0. The highest BCUT2D eigenvalue weighted by atomic mass is 16.5. The Morgan fingerprint density at radius 1 is 1.00 bits per heavy atom. The van der Waals surface area contributed by atoms with Crippen molar-refractivity contribution in [2.24, 2.45) is 5.92 Å². The Hall–Kier alpha value is -2.66. The lowest BCUT2D eigenvalue weighted by atomic mass is 10.1. The molecule has 1 atom stereocenters. The second-order valence-electron chi connectivity index (χ2n) is 5.52. The Morgan fingerprint density at radius 2 is 1.62 bits per heavy atom. The van der Waals surface area contributed by atoms with Crippen LogP contribution in [0.2, 0.25) is 0 Å². The molecular weight excluding hydrogens is 306 g/mol. The van der Waals surface area contributed by atoms with Crippen LogP contribution in [-0.2, 0) is 34.1 Å². The molecule has 2 rings (SSSR count). The van der Waals surface area contributed by atoms with Crippen molar-refractivity contribution in [3.05, 3.63) is 71.3 Å². The molecule has 0 bridgehead atoms. The first-order valence-electron chi connectivity index (χ1n) is 7.77. The second-order valence-corrected chi connectivity index (χ2v) is 5.52. The number of rotatable bonds is 8. The van der Waals surface area contributed by atoms with Gasteiger partial charge in [0.2, 0.25) is 5.91 Å². The molecule has 1 amide bonds. The fraction of sp³-hybridized carbons (Fsp3) is 0.263. The van der Waals surface area contributed by atoms with Crippen LogP contribution < -0.4 is 5.32 Å². The van der Waals surface area contributed by atoms with E-state index in [0.29, 0.717) is 13.2 Å². The summed E-state index contributed by atoms with van der Waals surface area (Å²) in [7, 11) is 0. The summed E-state index contributed by atoms with van der Waals surface area (Å²) < 4.78 is 5.73. The van der Waals surface area contributed by atoms with E-state index in [1.165, 1.54) is 6.92 Å². The normalized spacial score (nSPS) is 11.7. The van der Waals surface area contributed by atoms with Gasteiger partial charge in [0.15, 0.2) is 0 Å². The van der Waals surface area contributed by atoms with Gasteiger partial charge in [-0.15, -0.1) is 0 Å². The van der Waals surface area contributed by atoms with Crippen LogP contribution in [0.4, 0.5) is 0 Å². The smallest absolute Gasteiger partial charge is 0.315 e. The third kappa shape index (κ3) is 5.21. The summed E-state index contributed by atoms with van der Waals surface area (Å²) in [6, 6.07) is 17.5. The summed E-state index contributed by atoms with van der Waals surface area (Å²) in [5, 5.41) is 11.5. The summed E-state index contributed by atoms with van der Waals surface area (Å²) in [5.41, 5.74) is 2.98. The standard InChI is InChI=1S/C19H21NO4/c1-14(19(22)23)18(21)20-11-16-9-5-6-10-17(16)13-24-12-15-7-3-2-4-8-15/h2-10,14H,11-13H2,1H3,(H,20,21)(H,22,23). The first-order valence-corrected chi connectivity index (χ1v) is 7.77. The number of benzene rings is 2. The Balaban J connectivity index is 1.90. The summed E-state index contributed by atoms with van der Waals surface area (Å²) >= 11 is 0. The fourth-order valence-electron chi connectivity index (χ4n) is 2.17. The molecule has 0 aliphatic carbocycles. The van der Waals surface area contributed by atoms with Crippen LogP contribution in [0.15, 0.2) is 54.6 Å². The molecule has 0 aromatic heterocycles. The van der Waals surface area contributed by atoms with Gasteiger partial charge in [-0.2, -0.15) is 0 Å². The molecule has 2 aromatic carbocycles. The minimum atomic E-state index is -1.13. The number of amides is 1. The molecule has 2 aromatic rings. The van der Waals surface area contributed by atoms with E-state index in [-0.39, 0.29) is 6.54 Å². The van der Waals surface area contributed by atoms with Crippen LogP contribution in [0.5, 0.6) is 0 Å². The van der Waals surface area contributed by atoms with Gasteiger partial charge in [0, 0.05) is 6.54 Å². The highest BCUT2D eigenvalue weighted by Gasteiger charge is 2.20. The lowest BCUT2D eigenvalue weighted by Crippen LogP contribution is -2.33. The highest BCUT2D eigenvalue weighted by molar-refractivity contribution is 5.96. The molecule has 0 aliphatic rings. The molecule has 24 heavy (non-hydrogen) atoms. The molecule has 126 valence electrons. The number of carboxylic acid groups (broad SMARTS) is 1. The molecule has 0 spiro atoms. The lowest BCUT2D eigenvalue weighted by Gasteiger charge is -2.12. The minimum absolute atomic E-state index is 0.279. The van der Waals surface area contributed by atoms with E-state index in [4.69, 9.17) is 9.84 Å². The molecule has 0 radical (unpaired) electrons. The highest BCUT2D eigenvalue weighted by Crippen LogP contribution is 2.12. The number of carboxylic acids is 1. The van der Waals surface area contributed by atoms with E-state index in [9.17, 15) is 9.59 Å². The zero-order chi connectivity index (χ0) is 17.4. The molecule has 0 fully saturated rings. The van der Waals surface area contributed by atoms with Crippen molar-refractivity contribution in [1.82, 2.24) is 5.32 Å². The van der Waals surface area contributed by atoms with E-state index in [0.717, 1.165) is 16.7 Å². The number of carbonyl (C=O) groups excluding carboxylic acids is 1. The van der Waals surface area contributed by atoms with E-state index in [1.54, 1.807) is 0 Å². The first-order chi connectivity index (χ1) is 11.6. The number of aliphatic carboxylic acids is 1. The number of hydrogen-bond acceptors (Lipinski definition) is 3. The van der Waals surface area contributed by atoms with Crippen LogP contribution in [-0.4, -0.2) is 17.0 Å². The van der Waals surface area contributed by atoms with Crippen LogP contribution >= 0.6 is 0 Å². The van der Waals surface area contributed by atoms with Crippen molar-refractivity contribution in [3.8, 4) is 0 Å². The zero-order valence-electron chi connectivity index (χ0n) is 13.6. The van der Waals surface area contributed by atoms with E-state index < -0.39 is 17.8 Å². The van der Waals surface area contributed by atoms with E-state index in [1.807, 2.05) is 54.6 Å². The molecule has 0 aliphatic heterocycles. The van der Waals surface area contributed by atoms with Gasteiger partial charge in [-0.25, -0.2) is 0 Å². The maximum absolute atomic E-state index is 11.7. The Labute approximate surface area is 141 Å². The predicted molar refractivity (Wildman–Crippen MR) is 90.0 cm³/mol. The molecule has 0 saturated heterocycles. The quantitative estimate of drug-likeness (QED) is 0.731. The molecule has 5 nitrogen and oxygen atoms in total. The van der Waals surface area contributed by atoms with E-state index >= 15 is 0 Å². The van der Waals surface area contributed by atoms with Gasteiger partial charge >= 0.3 is 5.97 Å². The molecule has 1 unspecified atom stereocenters. The second kappa shape index (κ2) is 8.84. The van der Waals surface area contributed by atoms with Gasteiger partial charge in [-0.05, 0) is 23.6 Å². The molecular formula is C19H21NO4. The summed E-state index contributed by atoms with van der Waals surface area (Å²) in [5.74, 6) is -2.69. The number of nitrogens with one attached hydrogen (secondary N) is 1. The van der Waals surface area contributed by atoms with Crippen molar-refractivity contribution in [2.75, 3.05) is 0 Å². The molecule has 2 N–H and O–H groups in total. The Morgan fingerprint density at radius 3 is 2.29 bits per heavy atom. The third-order valence-electron chi connectivity index (χ3n) is 3.70. The average molecular weight is 327 g/mol. The summed E-state index contributed by atoms with van der Waals surface area (Å²) in [4.78, 5) is 22.6.